The first kappa shape index (κ1) is 13.7. The average Bonchev–Trinajstić information content (AvgIpc) is 2.40. The lowest BCUT2D eigenvalue weighted by atomic mass is 9.94. The standard InChI is InChI=1S/C16H21N3/c1-11-5-4-6-12(2)15(11)9-16(19-17)14-8-7-13(3)18-10-14/h4-8,10,16,19H,9,17H2,1-3H3. The van der Waals surface area contributed by atoms with Gasteiger partial charge in [-0.3, -0.25) is 16.3 Å². The van der Waals surface area contributed by atoms with E-state index >= 15 is 0 Å². The number of rotatable bonds is 4. The lowest BCUT2D eigenvalue weighted by Crippen LogP contribution is -2.30. The van der Waals surface area contributed by atoms with Gasteiger partial charge in [-0.25, -0.2) is 0 Å². The van der Waals surface area contributed by atoms with Crippen LogP contribution < -0.4 is 11.3 Å². The summed E-state index contributed by atoms with van der Waals surface area (Å²) in [7, 11) is 0. The summed E-state index contributed by atoms with van der Waals surface area (Å²) in [5.74, 6) is 5.71. The lowest BCUT2D eigenvalue weighted by Gasteiger charge is -2.19. The van der Waals surface area contributed by atoms with Crippen molar-refractivity contribution in [3.63, 3.8) is 0 Å². The normalized spacial score (nSPS) is 12.4. The summed E-state index contributed by atoms with van der Waals surface area (Å²) in [4.78, 5) is 4.34. The molecular weight excluding hydrogens is 234 g/mol. The summed E-state index contributed by atoms with van der Waals surface area (Å²) >= 11 is 0. The van der Waals surface area contributed by atoms with Crippen LogP contribution in [0.15, 0.2) is 36.5 Å². The maximum atomic E-state index is 5.71. The third kappa shape index (κ3) is 3.19. The predicted molar refractivity (Wildman–Crippen MR) is 78.7 cm³/mol. The number of aryl methyl sites for hydroxylation is 3. The van der Waals surface area contributed by atoms with E-state index in [0.29, 0.717) is 0 Å². The maximum Gasteiger partial charge on any atom is 0.0515 e. The van der Waals surface area contributed by atoms with Gasteiger partial charge in [-0.15, -0.1) is 0 Å². The first-order valence-corrected chi connectivity index (χ1v) is 6.55. The molecule has 2 rings (SSSR count). The van der Waals surface area contributed by atoms with E-state index in [1.54, 1.807) is 0 Å². The van der Waals surface area contributed by atoms with Gasteiger partial charge in [-0.05, 0) is 55.5 Å². The molecule has 0 fully saturated rings. The van der Waals surface area contributed by atoms with Crippen LogP contribution in [0, 0.1) is 20.8 Å². The van der Waals surface area contributed by atoms with Gasteiger partial charge in [0.25, 0.3) is 0 Å². The summed E-state index contributed by atoms with van der Waals surface area (Å²) in [5.41, 5.74) is 9.01. The van der Waals surface area contributed by atoms with Crippen LogP contribution in [0.5, 0.6) is 0 Å². The summed E-state index contributed by atoms with van der Waals surface area (Å²) in [6, 6.07) is 10.6. The van der Waals surface area contributed by atoms with E-state index in [9.17, 15) is 0 Å². The van der Waals surface area contributed by atoms with Gasteiger partial charge in [0, 0.05) is 11.9 Å². The monoisotopic (exact) mass is 255 g/mol. The third-order valence-electron chi connectivity index (χ3n) is 3.59. The highest BCUT2D eigenvalue weighted by Gasteiger charge is 2.13. The van der Waals surface area contributed by atoms with Crippen molar-refractivity contribution < 1.29 is 0 Å². The molecule has 0 aliphatic carbocycles. The minimum Gasteiger partial charge on any atom is -0.271 e. The SMILES string of the molecule is Cc1ccc(C(Cc2c(C)cccc2C)NN)cn1. The van der Waals surface area contributed by atoms with Gasteiger partial charge in [0.05, 0.1) is 6.04 Å². The maximum absolute atomic E-state index is 5.71. The third-order valence-corrected chi connectivity index (χ3v) is 3.59. The molecule has 1 aromatic heterocycles. The van der Waals surface area contributed by atoms with Gasteiger partial charge in [-0.1, -0.05) is 24.3 Å². The van der Waals surface area contributed by atoms with Crippen molar-refractivity contribution in [1.29, 1.82) is 0 Å². The first-order chi connectivity index (χ1) is 9.11. The number of pyridine rings is 1. The largest absolute Gasteiger partial charge is 0.271 e. The number of nitrogens with zero attached hydrogens (tertiary/aromatic N) is 1. The van der Waals surface area contributed by atoms with Crippen LogP contribution >= 0.6 is 0 Å². The van der Waals surface area contributed by atoms with E-state index in [4.69, 9.17) is 5.84 Å². The van der Waals surface area contributed by atoms with Crippen LogP contribution in [0.4, 0.5) is 0 Å². The fraction of sp³-hybridized carbons (Fsp3) is 0.312. The number of hydrogen-bond acceptors (Lipinski definition) is 3. The molecule has 0 saturated carbocycles. The Morgan fingerprint density at radius 1 is 1.11 bits per heavy atom. The molecule has 0 saturated heterocycles. The first-order valence-electron chi connectivity index (χ1n) is 6.55. The molecule has 0 radical (unpaired) electrons. The Kier molecular flexibility index (Phi) is 4.30. The Labute approximate surface area is 114 Å². The predicted octanol–water partition coefficient (Wildman–Crippen LogP) is 2.75. The number of nitrogens with two attached hydrogens (primary N) is 1. The van der Waals surface area contributed by atoms with Crippen molar-refractivity contribution in [3.05, 3.63) is 64.5 Å². The number of hydrogen-bond donors (Lipinski definition) is 2. The van der Waals surface area contributed by atoms with Gasteiger partial charge in [0.1, 0.15) is 0 Å². The second-order valence-electron chi connectivity index (χ2n) is 5.03. The van der Waals surface area contributed by atoms with E-state index in [1.807, 2.05) is 19.2 Å². The molecule has 3 nitrogen and oxygen atoms in total. The average molecular weight is 255 g/mol. The highest BCUT2D eigenvalue weighted by atomic mass is 15.2. The van der Waals surface area contributed by atoms with Gasteiger partial charge in [0.2, 0.25) is 0 Å². The summed E-state index contributed by atoms with van der Waals surface area (Å²) in [5, 5.41) is 0. The summed E-state index contributed by atoms with van der Waals surface area (Å²) in [6.07, 6.45) is 2.77. The van der Waals surface area contributed by atoms with Crippen molar-refractivity contribution in [2.24, 2.45) is 5.84 Å². The lowest BCUT2D eigenvalue weighted by molar-refractivity contribution is 0.548. The van der Waals surface area contributed by atoms with E-state index in [2.05, 4.69) is 48.5 Å². The molecule has 19 heavy (non-hydrogen) atoms. The second kappa shape index (κ2) is 5.95. The molecule has 0 aliphatic heterocycles. The number of hydrazine groups is 1. The van der Waals surface area contributed by atoms with Crippen molar-refractivity contribution in [2.45, 2.75) is 33.2 Å². The highest BCUT2D eigenvalue weighted by molar-refractivity contribution is 5.35. The molecule has 0 bridgehead atoms. The summed E-state index contributed by atoms with van der Waals surface area (Å²) < 4.78 is 0. The van der Waals surface area contributed by atoms with Crippen LogP contribution in [-0.2, 0) is 6.42 Å². The molecule has 100 valence electrons. The Bertz CT molecular complexity index is 526. The highest BCUT2D eigenvalue weighted by Crippen LogP contribution is 2.22. The molecule has 1 unspecified atom stereocenters. The number of benzene rings is 1. The van der Waals surface area contributed by atoms with E-state index in [0.717, 1.165) is 17.7 Å². The van der Waals surface area contributed by atoms with Crippen LogP contribution in [0.3, 0.4) is 0 Å². The smallest absolute Gasteiger partial charge is 0.0515 e. The fourth-order valence-electron chi connectivity index (χ4n) is 2.33. The summed E-state index contributed by atoms with van der Waals surface area (Å²) in [6.45, 7) is 6.27. The van der Waals surface area contributed by atoms with Gasteiger partial charge < -0.3 is 0 Å². The molecule has 0 amide bonds. The Morgan fingerprint density at radius 2 is 1.79 bits per heavy atom. The molecule has 3 heteroatoms. The van der Waals surface area contributed by atoms with Crippen molar-refractivity contribution in [3.8, 4) is 0 Å². The molecule has 0 spiro atoms. The second-order valence-corrected chi connectivity index (χ2v) is 5.03. The van der Waals surface area contributed by atoms with Crippen molar-refractivity contribution >= 4 is 0 Å². The van der Waals surface area contributed by atoms with Gasteiger partial charge in [-0.2, -0.15) is 0 Å². The zero-order valence-electron chi connectivity index (χ0n) is 11.8. The minimum atomic E-state index is 0.0906. The zero-order chi connectivity index (χ0) is 13.8. The Balaban J connectivity index is 2.26. The van der Waals surface area contributed by atoms with E-state index < -0.39 is 0 Å². The quantitative estimate of drug-likeness (QED) is 0.652. The van der Waals surface area contributed by atoms with Gasteiger partial charge >= 0.3 is 0 Å². The Morgan fingerprint density at radius 3 is 2.32 bits per heavy atom. The van der Waals surface area contributed by atoms with Crippen LogP contribution in [0.2, 0.25) is 0 Å². The number of nitrogens with one attached hydrogen (secondary N) is 1. The molecule has 0 aliphatic rings. The molecular formula is C16H21N3. The number of aromatic nitrogens is 1. The van der Waals surface area contributed by atoms with Crippen LogP contribution in [0.1, 0.15) is 34.0 Å². The molecule has 1 aromatic carbocycles. The molecule has 1 heterocycles. The van der Waals surface area contributed by atoms with E-state index in [1.165, 1.54) is 16.7 Å². The topological polar surface area (TPSA) is 50.9 Å². The van der Waals surface area contributed by atoms with Crippen LogP contribution in [-0.4, -0.2) is 4.98 Å². The fourth-order valence-corrected chi connectivity index (χ4v) is 2.33. The molecule has 2 aromatic rings. The zero-order valence-corrected chi connectivity index (χ0v) is 11.8. The minimum absolute atomic E-state index is 0.0906. The van der Waals surface area contributed by atoms with Crippen molar-refractivity contribution in [1.82, 2.24) is 10.4 Å². The van der Waals surface area contributed by atoms with Crippen LogP contribution in [0.25, 0.3) is 0 Å². The molecule has 1 atom stereocenters. The van der Waals surface area contributed by atoms with Gasteiger partial charge in [0.15, 0.2) is 0 Å². The molecule has 3 N–H and O–H groups in total. The van der Waals surface area contributed by atoms with Crippen molar-refractivity contribution in [2.75, 3.05) is 0 Å². The Hall–Kier alpha value is -1.71. The van der Waals surface area contributed by atoms with E-state index in [-0.39, 0.29) is 6.04 Å².